The molecule has 2 N–H and O–H groups in total. The summed E-state index contributed by atoms with van der Waals surface area (Å²) < 4.78 is 30.8. The molecule has 484 valence electrons. The molecule has 9 nitrogen and oxygen atoms in total. The van der Waals surface area contributed by atoms with Crippen molar-refractivity contribution in [3.05, 3.63) is 72.9 Å². The third-order valence-electron chi connectivity index (χ3n) is 15.7. The number of nitrogens with one attached hydrogen (secondary N) is 1. The number of allylic oxidation sites excluding steroid dienone is 11. The van der Waals surface area contributed by atoms with Gasteiger partial charge >= 0.3 is 13.8 Å². The second-order valence-corrected chi connectivity index (χ2v) is 26.5. The highest BCUT2D eigenvalue weighted by atomic mass is 31.2. The molecule has 0 heterocycles. The number of ether oxygens (including phenoxy) is 1. The molecule has 0 rings (SSSR count). The topological polar surface area (TPSA) is 111 Å². The maximum Gasteiger partial charge on any atom is 0.472 e. The van der Waals surface area contributed by atoms with Gasteiger partial charge in [-0.1, -0.05) is 312 Å². The highest BCUT2D eigenvalue weighted by Crippen LogP contribution is 2.43. The number of nitrogens with zero attached hydrogens (tertiary/aromatic N) is 1. The fourth-order valence-corrected chi connectivity index (χ4v) is 11.0. The predicted octanol–water partition coefficient (Wildman–Crippen LogP) is 22.3. The minimum Gasteiger partial charge on any atom is -0.456 e. The van der Waals surface area contributed by atoms with E-state index in [1.807, 2.05) is 33.3 Å². The molecule has 0 aromatic heterocycles. The van der Waals surface area contributed by atoms with Crippen LogP contribution in [0.5, 0.6) is 0 Å². The number of carbonyl (C=O) groups excluding carboxylic acids is 2. The molecule has 1 amide bonds. The van der Waals surface area contributed by atoms with E-state index in [9.17, 15) is 19.0 Å². The molecule has 0 saturated heterocycles. The van der Waals surface area contributed by atoms with Gasteiger partial charge < -0.3 is 19.4 Å². The van der Waals surface area contributed by atoms with E-state index < -0.39 is 20.0 Å². The summed E-state index contributed by atoms with van der Waals surface area (Å²) in [7, 11) is 1.48. The summed E-state index contributed by atoms with van der Waals surface area (Å²) in [6.07, 6.45) is 82.1. The van der Waals surface area contributed by atoms with Crippen LogP contribution in [-0.2, 0) is 27.9 Å². The molecule has 0 saturated carbocycles. The fraction of sp³-hybridized carbons (Fsp3) is 0.808. The van der Waals surface area contributed by atoms with Gasteiger partial charge in [0, 0.05) is 12.8 Å². The van der Waals surface area contributed by atoms with E-state index >= 15 is 0 Å². The third kappa shape index (κ3) is 63.8. The predicted molar refractivity (Wildman–Crippen MR) is 360 cm³/mol. The Morgan fingerprint density at radius 3 is 1.17 bits per heavy atom. The van der Waals surface area contributed by atoms with E-state index in [1.54, 1.807) is 0 Å². The molecule has 10 heteroatoms. The lowest BCUT2D eigenvalue weighted by Gasteiger charge is -2.27. The number of likely N-dealkylation sites (N-methyl/N-ethyl adjacent to an activating group) is 1. The van der Waals surface area contributed by atoms with E-state index in [0.717, 1.165) is 89.9 Å². The van der Waals surface area contributed by atoms with Crippen LogP contribution in [0.4, 0.5) is 0 Å². The smallest absolute Gasteiger partial charge is 0.456 e. The molecule has 0 radical (unpaired) electrons. The van der Waals surface area contributed by atoms with Crippen molar-refractivity contribution in [3.8, 4) is 0 Å². The van der Waals surface area contributed by atoms with E-state index in [0.29, 0.717) is 23.9 Å². The van der Waals surface area contributed by atoms with Gasteiger partial charge in [0.15, 0.2) is 0 Å². The summed E-state index contributed by atoms with van der Waals surface area (Å²) in [6, 6.07) is -0.864. The first-order chi connectivity index (χ1) is 40.4. The number of rotatable bonds is 64. The Kier molecular flexibility index (Phi) is 60.6. The van der Waals surface area contributed by atoms with E-state index in [2.05, 4.69) is 86.8 Å². The average Bonchev–Trinajstić information content (AvgIpc) is 3.46. The molecule has 83 heavy (non-hydrogen) atoms. The summed E-state index contributed by atoms with van der Waals surface area (Å²) in [6.45, 7) is 6.92. The van der Waals surface area contributed by atoms with Gasteiger partial charge in [-0.15, -0.1) is 0 Å². The number of hydrogen-bond donors (Lipinski definition) is 2. The highest BCUT2D eigenvalue weighted by Gasteiger charge is 2.30. The summed E-state index contributed by atoms with van der Waals surface area (Å²) in [5.74, 6) is -0.531. The van der Waals surface area contributed by atoms with Crippen LogP contribution in [0, 0.1) is 0 Å². The quantitative estimate of drug-likeness (QED) is 0.0205. The zero-order valence-corrected chi connectivity index (χ0v) is 56.3. The van der Waals surface area contributed by atoms with Gasteiger partial charge in [-0.05, 0) is 76.7 Å². The zero-order chi connectivity index (χ0) is 60.7. The minimum atomic E-state index is -4.46. The van der Waals surface area contributed by atoms with Crippen molar-refractivity contribution < 1.29 is 37.3 Å². The Balaban J connectivity index is 5.13. The van der Waals surface area contributed by atoms with Crippen LogP contribution in [0.2, 0.25) is 0 Å². The second kappa shape index (κ2) is 62.5. The Hall–Kier alpha value is -2.55. The average molecular weight is 1180 g/mol. The van der Waals surface area contributed by atoms with Crippen LogP contribution in [0.3, 0.4) is 0 Å². The Bertz CT molecular complexity index is 1650. The van der Waals surface area contributed by atoms with Gasteiger partial charge in [0.25, 0.3) is 0 Å². The molecule has 3 atom stereocenters. The highest BCUT2D eigenvalue weighted by molar-refractivity contribution is 7.47. The lowest BCUT2D eigenvalue weighted by molar-refractivity contribution is -0.870. The molecule has 0 aliphatic carbocycles. The van der Waals surface area contributed by atoms with Crippen LogP contribution in [0.1, 0.15) is 329 Å². The van der Waals surface area contributed by atoms with Crippen molar-refractivity contribution in [3.63, 3.8) is 0 Å². The summed E-state index contributed by atoms with van der Waals surface area (Å²) >= 11 is 0. The zero-order valence-electron chi connectivity index (χ0n) is 55.4. The first-order valence-electron chi connectivity index (χ1n) is 35.3. The number of unbranched alkanes of at least 4 members (excludes halogenated alkanes) is 38. The number of amides is 1. The van der Waals surface area contributed by atoms with Gasteiger partial charge in [-0.25, -0.2) is 4.57 Å². The van der Waals surface area contributed by atoms with Gasteiger partial charge in [0.05, 0.1) is 33.8 Å². The van der Waals surface area contributed by atoms with Gasteiger partial charge in [0.2, 0.25) is 5.91 Å². The van der Waals surface area contributed by atoms with Gasteiger partial charge in [0.1, 0.15) is 19.3 Å². The molecular formula is C73H136N2O7P+. The first kappa shape index (κ1) is 80.5. The Morgan fingerprint density at radius 1 is 0.434 bits per heavy atom. The fourth-order valence-electron chi connectivity index (χ4n) is 10.3. The van der Waals surface area contributed by atoms with Crippen LogP contribution in [0.15, 0.2) is 72.9 Å². The number of hydrogen-bond acceptors (Lipinski definition) is 6. The maximum absolute atomic E-state index is 13.6. The van der Waals surface area contributed by atoms with E-state index in [4.69, 9.17) is 13.8 Å². The number of phosphoric acid groups is 1. The van der Waals surface area contributed by atoms with Crippen LogP contribution < -0.4 is 5.32 Å². The monoisotopic (exact) mass is 1180 g/mol. The van der Waals surface area contributed by atoms with Crippen molar-refractivity contribution in [2.24, 2.45) is 0 Å². The van der Waals surface area contributed by atoms with Gasteiger partial charge in [-0.3, -0.25) is 18.6 Å². The summed E-state index contributed by atoms with van der Waals surface area (Å²) in [5.41, 5.74) is 0. The Morgan fingerprint density at radius 2 is 0.771 bits per heavy atom. The van der Waals surface area contributed by atoms with Crippen LogP contribution in [-0.4, -0.2) is 74.3 Å². The number of carbonyl (C=O) groups is 2. The SMILES string of the molecule is CC/C=C\C/C=C\C/C=C\C/C=C\C/C=C\CCCCCC(=O)OC(/C=C/CCCCCCCCCCCCC)C(COP(=O)(O)OCC[N+](C)(C)C)NC(=O)CCCCCCCCCCCCCCCCCCCCCCCCCCC. The van der Waals surface area contributed by atoms with Crippen molar-refractivity contribution in [2.45, 2.75) is 341 Å². The molecule has 0 aromatic rings. The Labute approximate surface area is 514 Å². The molecule has 0 fully saturated rings. The molecule has 0 bridgehead atoms. The number of esters is 1. The lowest BCUT2D eigenvalue weighted by Crippen LogP contribution is -2.47. The summed E-state index contributed by atoms with van der Waals surface area (Å²) in [4.78, 5) is 37.9. The van der Waals surface area contributed by atoms with Crippen molar-refractivity contribution in [1.82, 2.24) is 5.32 Å². The maximum atomic E-state index is 13.6. The molecule has 0 aromatic carbocycles. The second-order valence-electron chi connectivity index (χ2n) is 25.0. The minimum absolute atomic E-state index is 0.0340. The van der Waals surface area contributed by atoms with Crippen LogP contribution >= 0.6 is 7.82 Å². The number of phosphoric ester groups is 1. The van der Waals surface area contributed by atoms with Crippen LogP contribution in [0.25, 0.3) is 0 Å². The molecule has 0 aliphatic heterocycles. The molecular weight excluding hydrogens is 1050 g/mol. The molecule has 0 spiro atoms. The first-order valence-corrected chi connectivity index (χ1v) is 36.8. The third-order valence-corrected chi connectivity index (χ3v) is 16.6. The normalized spacial score (nSPS) is 14.0. The molecule has 3 unspecified atom stereocenters. The van der Waals surface area contributed by atoms with Crippen molar-refractivity contribution in [1.29, 1.82) is 0 Å². The standard InChI is InChI=1S/C73H135N2O7P/c1-7-10-13-16-19-22-25-28-30-32-34-35-36-37-38-39-41-42-44-47-50-53-56-59-62-65-72(76)74-70(69-81-83(78,79)80-68-67-75(4,5)6)71(64-61-58-55-52-49-46-27-24-21-18-15-12-9-3)82-73(77)66-63-60-57-54-51-48-45-43-40-33-31-29-26-23-20-17-14-11-8-2/h11,14,20,23,29,31,40,43,48,51,61,64,70-71H,7-10,12-13,15-19,21-22,24-28,30,32-39,41-42,44-47,49-50,52-60,62-63,65-69H2,1-6H3,(H-,74,76,78,79)/p+1/b14-11-,23-20-,31-29-,43-40-,51-48-,64-61+. The van der Waals surface area contributed by atoms with Crippen molar-refractivity contribution >= 4 is 19.7 Å². The van der Waals surface area contributed by atoms with Gasteiger partial charge in [-0.2, -0.15) is 0 Å². The molecule has 0 aliphatic rings. The summed E-state index contributed by atoms with van der Waals surface area (Å²) in [5, 5.41) is 3.07. The van der Waals surface area contributed by atoms with E-state index in [1.165, 1.54) is 199 Å². The largest absolute Gasteiger partial charge is 0.472 e. The lowest BCUT2D eigenvalue weighted by atomic mass is 10.0. The number of quaternary nitrogens is 1. The van der Waals surface area contributed by atoms with Crippen molar-refractivity contribution in [2.75, 3.05) is 40.9 Å². The van der Waals surface area contributed by atoms with E-state index in [-0.39, 0.29) is 31.5 Å².